The van der Waals surface area contributed by atoms with Gasteiger partial charge in [0.2, 0.25) is 5.91 Å². The second-order valence-electron chi connectivity index (χ2n) is 9.29. The number of methoxy groups -OCH3 is 1. The zero-order chi connectivity index (χ0) is 28.9. The second kappa shape index (κ2) is 11.8. The number of hydrogen-bond donors (Lipinski definition) is 1. The molecule has 1 N–H and O–H groups in total. The van der Waals surface area contributed by atoms with Gasteiger partial charge in [-0.15, -0.1) is 0 Å². The Balaban J connectivity index is 1.53. The third-order valence-electron chi connectivity index (χ3n) is 6.67. The quantitative estimate of drug-likeness (QED) is 0.312. The van der Waals surface area contributed by atoms with E-state index in [1.165, 1.54) is 42.3 Å². The molecule has 0 spiro atoms. The first kappa shape index (κ1) is 27.2. The molecule has 0 radical (unpaired) electrons. The van der Waals surface area contributed by atoms with Crippen LogP contribution < -0.4 is 15.0 Å². The number of para-hydroxylation sites is 1. The van der Waals surface area contributed by atoms with Crippen LogP contribution in [0, 0.1) is 5.82 Å². The molecule has 1 aliphatic rings. The summed E-state index contributed by atoms with van der Waals surface area (Å²) in [5, 5.41) is 2.82. The average molecular weight is 553 g/mol. The van der Waals surface area contributed by atoms with Crippen molar-refractivity contribution < 1.29 is 28.3 Å². The number of fused-ring (bicyclic) bond motifs is 1. The van der Waals surface area contributed by atoms with Gasteiger partial charge in [0.15, 0.2) is 0 Å². The monoisotopic (exact) mass is 552 g/mol. The lowest BCUT2D eigenvalue weighted by Gasteiger charge is -2.32. The van der Waals surface area contributed by atoms with Crippen LogP contribution in [0.3, 0.4) is 0 Å². The van der Waals surface area contributed by atoms with E-state index in [2.05, 4.69) is 10.3 Å². The minimum atomic E-state index is -1.23. The van der Waals surface area contributed by atoms with Crippen molar-refractivity contribution in [3.63, 3.8) is 0 Å². The molecular formula is C31H25FN4O5. The van der Waals surface area contributed by atoms with Gasteiger partial charge in [-0.05, 0) is 65.7 Å². The Morgan fingerprint density at radius 3 is 2.39 bits per heavy atom. The van der Waals surface area contributed by atoms with Gasteiger partial charge in [0.05, 0.1) is 18.4 Å². The first-order chi connectivity index (χ1) is 19.9. The van der Waals surface area contributed by atoms with Crippen molar-refractivity contribution >= 4 is 34.9 Å². The number of amides is 3. The topological polar surface area (TPSA) is 109 Å². The molecule has 1 unspecified atom stereocenters. The molecule has 0 fully saturated rings. The number of aromatic nitrogens is 1. The SMILES string of the molecule is COc1ccc(NC(=O)C(c2ccc(F)cc2)N(Cc2cccnc2)C(=O)CN2C(=O)C(=O)c3ccccc32)cc1. The van der Waals surface area contributed by atoms with E-state index in [1.807, 2.05) is 0 Å². The first-order valence-corrected chi connectivity index (χ1v) is 12.7. The number of benzene rings is 3. The van der Waals surface area contributed by atoms with Crippen LogP contribution in [-0.2, 0) is 20.9 Å². The lowest BCUT2D eigenvalue weighted by molar-refractivity contribution is -0.139. The molecule has 5 rings (SSSR count). The number of Topliss-reactive ketones (excluding diaryl/α,β-unsaturated/α-hetero) is 1. The molecule has 0 saturated carbocycles. The number of pyridine rings is 1. The average Bonchev–Trinajstić information content (AvgIpc) is 3.23. The number of nitrogens with zero attached hydrogens (tertiary/aromatic N) is 3. The van der Waals surface area contributed by atoms with E-state index in [9.17, 15) is 23.6 Å². The van der Waals surface area contributed by atoms with Gasteiger partial charge in [0, 0.05) is 24.6 Å². The van der Waals surface area contributed by atoms with Crippen LogP contribution in [0.5, 0.6) is 5.75 Å². The molecule has 41 heavy (non-hydrogen) atoms. The van der Waals surface area contributed by atoms with Crippen LogP contribution >= 0.6 is 0 Å². The highest BCUT2D eigenvalue weighted by Crippen LogP contribution is 2.31. The van der Waals surface area contributed by atoms with E-state index in [0.29, 0.717) is 28.3 Å². The molecule has 0 saturated heterocycles. The number of hydrogen-bond acceptors (Lipinski definition) is 6. The van der Waals surface area contributed by atoms with E-state index in [-0.39, 0.29) is 12.1 Å². The Morgan fingerprint density at radius 1 is 0.976 bits per heavy atom. The highest BCUT2D eigenvalue weighted by Gasteiger charge is 2.39. The van der Waals surface area contributed by atoms with Crippen molar-refractivity contribution in [2.45, 2.75) is 12.6 Å². The number of halogens is 1. The maximum absolute atomic E-state index is 14.0. The van der Waals surface area contributed by atoms with Gasteiger partial charge in [-0.25, -0.2) is 4.39 Å². The van der Waals surface area contributed by atoms with Gasteiger partial charge >= 0.3 is 0 Å². The second-order valence-corrected chi connectivity index (χ2v) is 9.29. The van der Waals surface area contributed by atoms with Crippen molar-refractivity contribution in [3.05, 3.63) is 120 Å². The van der Waals surface area contributed by atoms with Gasteiger partial charge < -0.3 is 15.0 Å². The zero-order valence-electron chi connectivity index (χ0n) is 22.0. The molecule has 1 atom stereocenters. The van der Waals surface area contributed by atoms with Gasteiger partial charge in [-0.1, -0.05) is 30.3 Å². The van der Waals surface area contributed by atoms with Crippen molar-refractivity contribution in [2.24, 2.45) is 0 Å². The van der Waals surface area contributed by atoms with Crippen molar-refractivity contribution in [1.82, 2.24) is 9.88 Å². The predicted octanol–water partition coefficient (Wildman–Crippen LogP) is 4.17. The molecule has 1 aliphatic heterocycles. The highest BCUT2D eigenvalue weighted by atomic mass is 19.1. The van der Waals surface area contributed by atoms with Gasteiger partial charge in [0.1, 0.15) is 24.2 Å². The van der Waals surface area contributed by atoms with E-state index < -0.39 is 41.9 Å². The number of carbonyl (C=O) groups is 4. The number of ether oxygens (including phenoxy) is 1. The van der Waals surface area contributed by atoms with Gasteiger partial charge in [-0.2, -0.15) is 0 Å². The Labute approximate surface area is 235 Å². The summed E-state index contributed by atoms with van der Waals surface area (Å²) < 4.78 is 19.1. The Hall–Kier alpha value is -5.38. The number of anilines is 2. The Morgan fingerprint density at radius 2 is 1.71 bits per heavy atom. The molecule has 2 heterocycles. The third-order valence-corrected chi connectivity index (χ3v) is 6.67. The van der Waals surface area contributed by atoms with E-state index in [4.69, 9.17) is 4.74 Å². The summed E-state index contributed by atoms with van der Waals surface area (Å²) in [5.74, 6) is -2.63. The number of nitrogens with one attached hydrogen (secondary N) is 1. The molecule has 3 amide bonds. The summed E-state index contributed by atoms with van der Waals surface area (Å²) in [6.07, 6.45) is 3.14. The summed E-state index contributed by atoms with van der Waals surface area (Å²) in [6, 6.07) is 20.5. The first-order valence-electron chi connectivity index (χ1n) is 12.7. The maximum atomic E-state index is 14.0. The fraction of sp³-hybridized carbons (Fsp3) is 0.129. The number of ketones is 1. The van der Waals surface area contributed by atoms with E-state index >= 15 is 0 Å². The molecule has 1 aromatic heterocycles. The third kappa shape index (κ3) is 5.81. The summed E-state index contributed by atoms with van der Waals surface area (Å²) in [7, 11) is 1.52. The highest BCUT2D eigenvalue weighted by molar-refractivity contribution is 6.52. The Bertz CT molecular complexity index is 1590. The van der Waals surface area contributed by atoms with Crippen LogP contribution in [0.2, 0.25) is 0 Å². The van der Waals surface area contributed by atoms with Crippen LogP contribution in [0.1, 0.15) is 27.5 Å². The number of rotatable bonds is 9. The minimum absolute atomic E-state index is 0.0532. The summed E-state index contributed by atoms with van der Waals surface area (Å²) >= 11 is 0. The van der Waals surface area contributed by atoms with E-state index in [0.717, 1.165) is 4.90 Å². The molecule has 0 aliphatic carbocycles. The van der Waals surface area contributed by atoms with Crippen LogP contribution in [-0.4, -0.2) is 47.0 Å². The maximum Gasteiger partial charge on any atom is 0.299 e. The normalized spacial score (nSPS) is 13.0. The van der Waals surface area contributed by atoms with Crippen molar-refractivity contribution in [2.75, 3.05) is 23.9 Å². The van der Waals surface area contributed by atoms with Gasteiger partial charge in [-0.3, -0.25) is 29.1 Å². The molecule has 3 aromatic carbocycles. The van der Waals surface area contributed by atoms with Crippen LogP contribution in [0.25, 0.3) is 0 Å². The molecule has 0 bridgehead atoms. The van der Waals surface area contributed by atoms with Crippen LogP contribution in [0.15, 0.2) is 97.3 Å². The Kier molecular flexibility index (Phi) is 7.82. The zero-order valence-corrected chi connectivity index (χ0v) is 22.0. The molecule has 206 valence electrons. The summed E-state index contributed by atoms with van der Waals surface area (Å²) in [6.45, 7) is -0.544. The fourth-order valence-electron chi connectivity index (χ4n) is 4.65. The minimum Gasteiger partial charge on any atom is -0.497 e. The molecular weight excluding hydrogens is 527 g/mol. The predicted molar refractivity (Wildman–Crippen MR) is 149 cm³/mol. The van der Waals surface area contributed by atoms with Crippen molar-refractivity contribution in [1.29, 1.82) is 0 Å². The van der Waals surface area contributed by atoms with E-state index in [1.54, 1.807) is 67.0 Å². The summed E-state index contributed by atoms with van der Waals surface area (Å²) in [4.78, 5) is 59.8. The van der Waals surface area contributed by atoms with Crippen molar-refractivity contribution in [3.8, 4) is 5.75 Å². The lowest BCUT2D eigenvalue weighted by Crippen LogP contribution is -2.46. The molecule has 9 nitrogen and oxygen atoms in total. The fourth-order valence-corrected chi connectivity index (χ4v) is 4.65. The smallest absolute Gasteiger partial charge is 0.299 e. The lowest BCUT2D eigenvalue weighted by atomic mass is 10.0. The van der Waals surface area contributed by atoms with Crippen LogP contribution in [0.4, 0.5) is 15.8 Å². The standard InChI is InChI=1S/C31H25FN4O5/c1-41-24-14-12-23(13-15-24)34-30(39)28(21-8-10-22(32)11-9-21)36(18-20-5-4-16-33-17-20)27(37)19-35-26-7-3-2-6-25(26)29(38)31(35)40/h2-17,28H,18-19H2,1H3,(H,34,39). The largest absolute Gasteiger partial charge is 0.497 e. The van der Waals surface area contributed by atoms with Gasteiger partial charge in [0.25, 0.3) is 17.6 Å². The molecule has 10 heteroatoms. The number of carbonyl (C=O) groups excluding carboxylic acids is 4. The molecule has 4 aromatic rings. The summed E-state index contributed by atoms with van der Waals surface area (Å²) in [5.41, 5.74) is 1.94.